The smallest absolute Gasteiger partial charge is 0.169 e. The molecule has 0 bridgehead atoms. The van der Waals surface area contributed by atoms with Crippen LogP contribution in [0.15, 0.2) is 41.3 Å². The standard InChI is InChI=1S/C18H22FNO3S.C2H6/c1-4-13-5-7-17(18(11-13)22-3)23-16-8-6-14(12-15(16)19)24-20-9-10-21-2;1-2/h5-8,11-12,20H,4,9-10H2,1-3H3;1-2H3. The van der Waals surface area contributed by atoms with E-state index in [-0.39, 0.29) is 5.75 Å². The van der Waals surface area contributed by atoms with Gasteiger partial charge in [-0.25, -0.2) is 4.39 Å². The zero-order valence-electron chi connectivity index (χ0n) is 16.1. The molecule has 0 aliphatic carbocycles. The van der Waals surface area contributed by atoms with Crippen LogP contribution in [0.1, 0.15) is 26.3 Å². The molecule has 0 fully saturated rings. The fourth-order valence-corrected chi connectivity index (χ4v) is 2.69. The predicted molar refractivity (Wildman–Crippen MR) is 106 cm³/mol. The van der Waals surface area contributed by atoms with Crippen molar-refractivity contribution in [2.45, 2.75) is 32.1 Å². The number of rotatable bonds is 9. The van der Waals surface area contributed by atoms with Crippen molar-refractivity contribution in [1.29, 1.82) is 0 Å². The summed E-state index contributed by atoms with van der Waals surface area (Å²) >= 11 is 1.35. The highest BCUT2D eigenvalue weighted by molar-refractivity contribution is 7.97. The molecule has 0 spiro atoms. The van der Waals surface area contributed by atoms with Gasteiger partial charge >= 0.3 is 0 Å². The Hall–Kier alpha value is -1.76. The van der Waals surface area contributed by atoms with Gasteiger partial charge in [0.2, 0.25) is 0 Å². The molecule has 0 amide bonds. The number of hydrogen-bond acceptors (Lipinski definition) is 5. The first-order valence-electron chi connectivity index (χ1n) is 8.71. The SMILES string of the molecule is CC.CCc1ccc(Oc2ccc(SNCCOC)cc2F)c(OC)c1. The summed E-state index contributed by atoms with van der Waals surface area (Å²) in [5.41, 5.74) is 1.13. The topological polar surface area (TPSA) is 39.7 Å². The van der Waals surface area contributed by atoms with E-state index in [0.717, 1.165) is 16.9 Å². The summed E-state index contributed by atoms with van der Waals surface area (Å²) in [6.07, 6.45) is 0.896. The lowest BCUT2D eigenvalue weighted by Gasteiger charge is -2.12. The van der Waals surface area contributed by atoms with Crippen molar-refractivity contribution in [3.8, 4) is 17.2 Å². The van der Waals surface area contributed by atoms with Gasteiger partial charge < -0.3 is 14.2 Å². The molecule has 0 saturated carbocycles. The summed E-state index contributed by atoms with van der Waals surface area (Å²) in [5.74, 6) is 0.828. The van der Waals surface area contributed by atoms with Gasteiger partial charge in [0.15, 0.2) is 23.1 Å². The number of ether oxygens (including phenoxy) is 3. The molecule has 0 aliphatic rings. The monoisotopic (exact) mass is 381 g/mol. The number of hydrogen-bond donors (Lipinski definition) is 1. The van der Waals surface area contributed by atoms with Crippen molar-refractivity contribution in [3.63, 3.8) is 0 Å². The Bertz CT molecular complexity index is 667. The van der Waals surface area contributed by atoms with E-state index in [0.29, 0.717) is 24.7 Å². The minimum atomic E-state index is -0.421. The quantitative estimate of drug-likeness (QED) is 0.461. The highest BCUT2D eigenvalue weighted by Crippen LogP contribution is 2.34. The summed E-state index contributed by atoms with van der Waals surface area (Å²) in [4.78, 5) is 0.768. The van der Waals surface area contributed by atoms with Gasteiger partial charge in [-0.3, -0.25) is 4.72 Å². The van der Waals surface area contributed by atoms with Crippen LogP contribution in [0.3, 0.4) is 0 Å². The number of methoxy groups -OCH3 is 2. The maximum Gasteiger partial charge on any atom is 0.169 e. The fraction of sp³-hybridized carbons (Fsp3) is 0.400. The van der Waals surface area contributed by atoms with E-state index >= 15 is 0 Å². The molecular formula is C20H28FNO3S. The molecule has 0 radical (unpaired) electrons. The van der Waals surface area contributed by atoms with E-state index in [2.05, 4.69) is 11.6 Å². The largest absolute Gasteiger partial charge is 0.493 e. The van der Waals surface area contributed by atoms with Crippen molar-refractivity contribution in [2.24, 2.45) is 0 Å². The van der Waals surface area contributed by atoms with E-state index in [4.69, 9.17) is 14.2 Å². The Morgan fingerprint density at radius 1 is 1.00 bits per heavy atom. The van der Waals surface area contributed by atoms with Gasteiger partial charge in [-0.05, 0) is 54.3 Å². The van der Waals surface area contributed by atoms with Crippen molar-refractivity contribution >= 4 is 11.9 Å². The van der Waals surface area contributed by atoms with Crippen LogP contribution >= 0.6 is 11.9 Å². The molecule has 2 rings (SSSR count). The molecule has 1 N–H and O–H groups in total. The maximum absolute atomic E-state index is 14.3. The lowest BCUT2D eigenvalue weighted by Crippen LogP contribution is -2.10. The Morgan fingerprint density at radius 3 is 2.35 bits per heavy atom. The van der Waals surface area contributed by atoms with Gasteiger partial charge in [-0.1, -0.05) is 26.8 Å². The first-order valence-corrected chi connectivity index (χ1v) is 9.52. The molecule has 4 nitrogen and oxygen atoms in total. The molecule has 0 heterocycles. The van der Waals surface area contributed by atoms with Crippen molar-refractivity contribution in [2.75, 3.05) is 27.4 Å². The van der Waals surface area contributed by atoms with Crippen LogP contribution in [-0.4, -0.2) is 27.4 Å². The van der Waals surface area contributed by atoms with Crippen LogP contribution in [0.4, 0.5) is 4.39 Å². The van der Waals surface area contributed by atoms with Gasteiger partial charge in [-0.2, -0.15) is 0 Å². The Balaban J connectivity index is 0.00000163. The Kier molecular flexibility index (Phi) is 10.8. The number of halogens is 1. The number of nitrogens with one attached hydrogen (secondary N) is 1. The second-order valence-electron chi connectivity index (χ2n) is 5.02. The van der Waals surface area contributed by atoms with Gasteiger partial charge in [-0.15, -0.1) is 0 Å². The summed E-state index contributed by atoms with van der Waals surface area (Å²) in [6, 6.07) is 10.5. The maximum atomic E-state index is 14.3. The van der Waals surface area contributed by atoms with Crippen molar-refractivity contribution in [1.82, 2.24) is 4.72 Å². The average molecular weight is 382 g/mol. The molecule has 26 heavy (non-hydrogen) atoms. The first-order chi connectivity index (χ1) is 12.7. The van der Waals surface area contributed by atoms with Crippen LogP contribution in [0.25, 0.3) is 0 Å². The van der Waals surface area contributed by atoms with E-state index in [1.165, 1.54) is 18.0 Å². The molecule has 6 heteroatoms. The normalized spacial score (nSPS) is 10.1. The summed E-state index contributed by atoms with van der Waals surface area (Å²) in [7, 11) is 3.21. The van der Waals surface area contributed by atoms with Crippen molar-refractivity contribution in [3.05, 3.63) is 47.8 Å². The van der Waals surface area contributed by atoms with Crippen molar-refractivity contribution < 1.29 is 18.6 Å². The third-order valence-electron chi connectivity index (χ3n) is 3.36. The van der Waals surface area contributed by atoms with Crippen LogP contribution in [-0.2, 0) is 11.2 Å². The second-order valence-corrected chi connectivity index (χ2v) is 5.99. The third kappa shape index (κ3) is 6.86. The molecule has 0 unspecified atom stereocenters. The lowest BCUT2D eigenvalue weighted by atomic mass is 10.1. The summed E-state index contributed by atoms with van der Waals surface area (Å²) < 4.78 is 33.3. The molecule has 2 aromatic rings. The number of benzene rings is 2. The van der Waals surface area contributed by atoms with E-state index in [1.54, 1.807) is 32.4 Å². The van der Waals surface area contributed by atoms with E-state index < -0.39 is 5.82 Å². The molecular weight excluding hydrogens is 353 g/mol. The summed E-state index contributed by atoms with van der Waals surface area (Å²) in [5, 5.41) is 0. The highest BCUT2D eigenvalue weighted by Gasteiger charge is 2.11. The molecule has 144 valence electrons. The lowest BCUT2D eigenvalue weighted by molar-refractivity contribution is 0.205. The van der Waals surface area contributed by atoms with Crippen LogP contribution in [0.5, 0.6) is 17.2 Å². The zero-order chi connectivity index (χ0) is 19.4. The second kappa shape index (κ2) is 12.6. The Morgan fingerprint density at radius 2 is 1.73 bits per heavy atom. The fourth-order valence-electron chi connectivity index (χ4n) is 2.04. The average Bonchev–Trinajstić information content (AvgIpc) is 2.69. The molecule has 0 saturated heterocycles. The minimum Gasteiger partial charge on any atom is -0.493 e. The molecule has 0 aliphatic heterocycles. The highest BCUT2D eigenvalue weighted by atomic mass is 32.2. The minimum absolute atomic E-state index is 0.166. The molecule has 0 aromatic heterocycles. The third-order valence-corrected chi connectivity index (χ3v) is 4.20. The first kappa shape index (κ1) is 22.3. The van der Waals surface area contributed by atoms with Crippen LogP contribution in [0, 0.1) is 5.82 Å². The van der Waals surface area contributed by atoms with E-state index in [1.807, 2.05) is 26.0 Å². The number of aryl methyl sites for hydroxylation is 1. The summed E-state index contributed by atoms with van der Waals surface area (Å²) in [6.45, 7) is 7.35. The van der Waals surface area contributed by atoms with Gasteiger partial charge in [0.25, 0.3) is 0 Å². The van der Waals surface area contributed by atoms with Crippen LogP contribution < -0.4 is 14.2 Å². The molecule has 0 atom stereocenters. The molecule has 2 aromatic carbocycles. The zero-order valence-corrected chi connectivity index (χ0v) is 16.9. The Labute approximate surface area is 160 Å². The van der Waals surface area contributed by atoms with E-state index in [9.17, 15) is 4.39 Å². The van der Waals surface area contributed by atoms with Gasteiger partial charge in [0.05, 0.1) is 13.7 Å². The predicted octanol–water partition coefficient (Wildman–Crippen LogP) is 5.46. The van der Waals surface area contributed by atoms with Gasteiger partial charge in [0.1, 0.15) is 0 Å². The van der Waals surface area contributed by atoms with Gasteiger partial charge in [0, 0.05) is 18.6 Å². The van der Waals surface area contributed by atoms with Crippen LogP contribution in [0.2, 0.25) is 0 Å².